The van der Waals surface area contributed by atoms with Crippen molar-refractivity contribution >= 4 is 29.9 Å². The molecule has 0 aliphatic heterocycles. The lowest BCUT2D eigenvalue weighted by Crippen LogP contribution is -2.37. The molecule has 1 aromatic heterocycles. The second-order valence-corrected chi connectivity index (χ2v) is 6.62. The minimum Gasteiger partial charge on any atom is -0.357 e. The second kappa shape index (κ2) is 12.0. The van der Waals surface area contributed by atoms with Crippen LogP contribution in [0.1, 0.15) is 56.0 Å². The van der Waals surface area contributed by atoms with E-state index in [9.17, 15) is 13.2 Å². The van der Waals surface area contributed by atoms with Gasteiger partial charge >= 0.3 is 6.18 Å². The van der Waals surface area contributed by atoms with E-state index in [0.717, 1.165) is 18.6 Å². The van der Waals surface area contributed by atoms with Crippen LogP contribution in [0.3, 0.4) is 0 Å². The first kappa shape index (κ1) is 25.2. The van der Waals surface area contributed by atoms with Gasteiger partial charge in [-0.05, 0) is 31.0 Å². The van der Waals surface area contributed by atoms with E-state index in [1.165, 1.54) is 12.1 Å². The molecule has 6 nitrogen and oxygen atoms in total. The molecule has 0 aliphatic carbocycles. The van der Waals surface area contributed by atoms with E-state index < -0.39 is 11.7 Å². The molecule has 0 saturated carbocycles. The number of benzene rings is 1. The zero-order chi connectivity index (χ0) is 20.6. The van der Waals surface area contributed by atoms with Crippen molar-refractivity contribution in [3.63, 3.8) is 0 Å². The van der Waals surface area contributed by atoms with Crippen LogP contribution in [0.4, 0.5) is 13.2 Å². The zero-order valence-corrected chi connectivity index (χ0v) is 19.0. The monoisotopic (exact) mass is 525 g/mol. The quantitative estimate of drug-likeness (QED) is 0.230. The molecule has 1 aromatic carbocycles. The summed E-state index contributed by atoms with van der Waals surface area (Å²) >= 11 is 0. The Morgan fingerprint density at radius 1 is 1.17 bits per heavy atom. The van der Waals surface area contributed by atoms with Crippen LogP contribution in [0.15, 0.2) is 33.8 Å². The van der Waals surface area contributed by atoms with Crippen LogP contribution in [0, 0.1) is 0 Å². The predicted octanol–water partition coefficient (Wildman–Crippen LogP) is 4.52. The fourth-order valence-corrected chi connectivity index (χ4v) is 2.36. The fraction of sp³-hybridized carbons (Fsp3) is 0.526. The summed E-state index contributed by atoms with van der Waals surface area (Å²) in [6.45, 7) is 7.58. The van der Waals surface area contributed by atoms with E-state index in [2.05, 4.69) is 25.8 Å². The second-order valence-electron chi connectivity index (χ2n) is 6.62. The summed E-state index contributed by atoms with van der Waals surface area (Å²) in [6.07, 6.45) is -2.89. The van der Waals surface area contributed by atoms with Crippen LogP contribution >= 0.6 is 24.0 Å². The molecule has 0 atom stereocenters. The van der Waals surface area contributed by atoms with E-state index >= 15 is 0 Å². The topological polar surface area (TPSA) is 75.3 Å². The Morgan fingerprint density at radius 3 is 2.41 bits per heavy atom. The standard InChI is InChI=1S/C19H26F3N5O.HI/c1-4-23-18(24-11-5-6-16-26-17(13(2)3)27-28-16)25-12-14-7-9-15(10-8-14)19(20,21)22;/h7-10,13H,4-6,11-12H2,1-3H3,(H2,23,24,25);1H. The highest BCUT2D eigenvalue weighted by Gasteiger charge is 2.29. The molecule has 0 radical (unpaired) electrons. The normalized spacial score (nSPS) is 12.0. The number of aryl methyl sites for hydroxylation is 1. The largest absolute Gasteiger partial charge is 0.416 e. The van der Waals surface area contributed by atoms with Crippen molar-refractivity contribution in [3.8, 4) is 0 Å². The highest BCUT2D eigenvalue weighted by Crippen LogP contribution is 2.29. The van der Waals surface area contributed by atoms with Gasteiger partial charge < -0.3 is 15.2 Å². The summed E-state index contributed by atoms with van der Waals surface area (Å²) in [6, 6.07) is 5.03. The van der Waals surface area contributed by atoms with Crippen LogP contribution in [0.2, 0.25) is 0 Å². The SMILES string of the molecule is CCNC(=NCc1ccc(C(F)(F)F)cc1)NCCCc1nc(C(C)C)no1.I. The number of hydrogen-bond donors (Lipinski definition) is 2. The summed E-state index contributed by atoms with van der Waals surface area (Å²) in [5.74, 6) is 2.15. The molecule has 2 aromatic rings. The first-order valence-electron chi connectivity index (χ1n) is 9.30. The maximum absolute atomic E-state index is 12.6. The minimum absolute atomic E-state index is 0. The van der Waals surface area contributed by atoms with Gasteiger partial charge in [-0.2, -0.15) is 18.2 Å². The van der Waals surface area contributed by atoms with Gasteiger partial charge in [0.15, 0.2) is 11.8 Å². The Balaban J connectivity index is 0.00000420. The summed E-state index contributed by atoms with van der Waals surface area (Å²) in [7, 11) is 0. The molecule has 0 aliphatic rings. The molecular formula is C19H27F3IN5O. The summed E-state index contributed by atoms with van der Waals surface area (Å²) in [5, 5.41) is 10.2. The average molecular weight is 525 g/mol. The molecule has 0 bridgehead atoms. The molecule has 2 rings (SSSR count). The third-order valence-corrected chi connectivity index (χ3v) is 3.91. The molecule has 2 N–H and O–H groups in total. The van der Waals surface area contributed by atoms with E-state index in [0.29, 0.717) is 42.7 Å². The van der Waals surface area contributed by atoms with E-state index in [1.807, 2.05) is 20.8 Å². The van der Waals surface area contributed by atoms with Crippen LogP contribution in [-0.2, 0) is 19.1 Å². The van der Waals surface area contributed by atoms with Crippen molar-refractivity contribution in [3.05, 3.63) is 47.1 Å². The van der Waals surface area contributed by atoms with Crippen LogP contribution in [-0.4, -0.2) is 29.2 Å². The number of aromatic nitrogens is 2. The maximum Gasteiger partial charge on any atom is 0.416 e. The highest BCUT2D eigenvalue weighted by atomic mass is 127. The van der Waals surface area contributed by atoms with Crippen molar-refractivity contribution in [1.82, 2.24) is 20.8 Å². The lowest BCUT2D eigenvalue weighted by molar-refractivity contribution is -0.137. The number of halogens is 4. The third kappa shape index (κ3) is 8.58. The summed E-state index contributed by atoms with van der Waals surface area (Å²) in [5.41, 5.74) is 0.0455. The van der Waals surface area contributed by atoms with E-state index in [1.54, 1.807) is 0 Å². The number of nitrogens with one attached hydrogen (secondary N) is 2. The Labute approximate surface area is 185 Å². The Bertz CT molecular complexity index is 760. The average Bonchev–Trinajstić information content (AvgIpc) is 3.12. The van der Waals surface area contributed by atoms with Crippen molar-refractivity contribution in [1.29, 1.82) is 0 Å². The van der Waals surface area contributed by atoms with E-state index in [-0.39, 0.29) is 36.4 Å². The molecule has 10 heteroatoms. The van der Waals surface area contributed by atoms with Gasteiger partial charge in [0.2, 0.25) is 5.89 Å². The lowest BCUT2D eigenvalue weighted by Gasteiger charge is -2.11. The molecular weight excluding hydrogens is 498 g/mol. The lowest BCUT2D eigenvalue weighted by atomic mass is 10.1. The van der Waals surface area contributed by atoms with Crippen LogP contribution in [0.25, 0.3) is 0 Å². The van der Waals surface area contributed by atoms with Gasteiger partial charge in [0.05, 0.1) is 12.1 Å². The first-order chi connectivity index (χ1) is 13.3. The van der Waals surface area contributed by atoms with Gasteiger partial charge in [0.25, 0.3) is 0 Å². The molecule has 0 saturated heterocycles. The van der Waals surface area contributed by atoms with Gasteiger partial charge in [0.1, 0.15) is 0 Å². The summed E-state index contributed by atoms with van der Waals surface area (Å²) in [4.78, 5) is 8.74. The van der Waals surface area contributed by atoms with Crippen LogP contribution in [0.5, 0.6) is 0 Å². The number of rotatable bonds is 8. The van der Waals surface area contributed by atoms with Gasteiger partial charge in [-0.3, -0.25) is 0 Å². The van der Waals surface area contributed by atoms with Gasteiger partial charge in [-0.25, -0.2) is 4.99 Å². The molecule has 29 heavy (non-hydrogen) atoms. The Morgan fingerprint density at radius 2 is 1.86 bits per heavy atom. The van der Waals surface area contributed by atoms with Crippen molar-refractivity contribution < 1.29 is 17.7 Å². The highest BCUT2D eigenvalue weighted by molar-refractivity contribution is 14.0. The van der Waals surface area contributed by atoms with Gasteiger partial charge in [-0.15, -0.1) is 24.0 Å². The number of guanidine groups is 1. The maximum atomic E-state index is 12.6. The number of aliphatic imine (C=N–C) groups is 1. The van der Waals surface area contributed by atoms with Gasteiger partial charge in [0, 0.05) is 25.4 Å². The smallest absolute Gasteiger partial charge is 0.357 e. The zero-order valence-electron chi connectivity index (χ0n) is 16.7. The van der Waals surface area contributed by atoms with Crippen LogP contribution < -0.4 is 10.6 Å². The number of hydrogen-bond acceptors (Lipinski definition) is 4. The number of nitrogens with zero attached hydrogens (tertiary/aromatic N) is 3. The van der Waals surface area contributed by atoms with E-state index in [4.69, 9.17) is 4.52 Å². The molecule has 0 amide bonds. The first-order valence-corrected chi connectivity index (χ1v) is 9.30. The van der Waals surface area contributed by atoms with Crippen molar-refractivity contribution in [2.75, 3.05) is 13.1 Å². The molecule has 0 fully saturated rings. The summed E-state index contributed by atoms with van der Waals surface area (Å²) < 4.78 is 43.0. The fourth-order valence-electron chi connectivity index (χ4n) is 2.36. The molecule has 0 spiro atoms. The molecule has 1 heterocycles. The minimum atomic E-state index is -4.33. The van der Waals surface area contributed by atoms with Crippen molar-refractivity contribution in [2.24, 2.45) is 4.99 Å². The number of alkyl halides is 3. The van der Waals surface area contributed by atoms with Crippen molar-refractivity contribution in [2.45, 2.75) is 52.3 Å². The Kier molecular flexibility index (Phi) is 10.4. The third-order valence-electron chi connectivity index (χ3n) is 3.91. The Hall–Kier alpha value is -1.85. The molecule has 0 unspecified atom stereocenters. The van der Waals surface area contributed by atoms with Gasteiger partial charge in [-0.1, -0.05) is 31.1 Å². The predicted molar refractivity (Wildman–Crippen MR) is 116 cm³/mol. The molecule has 162 valence electrons.